The van der Waals surface area contributed by atoms with Gasteiger partial charge in [0.05, 0.1) is 11.5 Å². The highest BCUT2D eigenvalue weighted by atomic mass is 16.6. The number of hydrogen-bond acceptors (Lipinski definition) is 4. The number of nitrogens with zero attached hydrogens (tertiary/aromatic N) is 3. The Morgan fingerprint density at radius 3 is 2.65 bits per heavy atom. The van der Waals surface area contributed by atoms with Gasteiger partial charge in [-0.3, -0.25) is 10.1 Å². The molecule has 0 aliphatic carbocycles. The van der Waals surface area contributed by atoms with Crippen LogP contribution in [-0.2, 0) is 6.54 Å². The Morgan fingerprint density at radius 2 is 2.04 bits per heavy atom. The number of nitro benzene ring substituents is 1. The van der Waals surface area contributed by atoms with Gasteiger partial charge in [-0.25, -0.2) is 4.99 Å². The first kappa shape index (κ1) is 21.9. The number of rotatable bonds is 11. The van der Waals surface area contributed by atoms with E-state index in [4.69, 9.17) is 0 Å². The molecule has 0 saturated carbocycles. The van der Waals surface area contributed by atoms with E-state index < -0.39 is 0 Å². The van der Waals surface area contributed by atoms with Crippen molar-refractivity contribution in [1.29, 1.82) is 0 Å². The van der Waals surface area contributed by atoms with Gasteiger partial charge in [-0.2, -0.15) is 0 Å². The summed E-state index contributed by atoms with van der Waals surface area (Å²) >= 11 is 0. The lowest BCUT2D eigenvalue weighted by atomic mass is 10.2. The Balaban J connectivity index is 2.57. The molecule has 0 bridgehead atoms. The molecule has 0 aromatic heterocycles. The van der Waals surface area contributed by atoms with Crippen molar-refractivity contribution >= 4 is 11.6 Å². The fraction of sp³-hybridized carbons (Fsp3) is 0.632. The maximum absolute atomic E-state index is 10.9. The molecular formula is C19H33N5O2. The molecule has 7 heteroatoms. The van der Waals surface area contributed by atoms with Crippen LogP contribution in [0, 0.1) is 10.1 Å². The smallest absolute Gasteiger partial charge is 0.269 e. The van der Waals surface area contributed by atoms with E-state index >= 15 is 0 Å². The third-order valence-electron chi connectivity index (χ3n) is 4.27. The number of benzene rings is 1. The van der Waals surface area contributed by atoms with Crippen molar-refractivity contribution in [3.63, 3.8) is 0 Å². The third kappa shape index (κ3) is 8.29. The van der Waals surface area contributed by atoms with Gasteiger partial charge in [-0.1, -0.05) is 26.0 Å². The van der Waals surface area contributed by atoms with Crippen LogP contribution in [0.3, 0.4) is 0 Å². The number of guanidine groups is 1. The summed E-state index contributed by atoms with van der Waals surface area (Å²) in [6.45, 7) is 13.0. The zero-order valence-electron chi connectivity index (χ0n) is 16.5. The molecule has 2 N–H and O–H groups in total. The molecule has 1 unspecified atom stereocenters. The van der Waals surface area contributed by atoms with Crippen LogP contribution in [0.1, 0.15) is 46.1 Å². The Hall–Kier alpha value is -2.15. The minimum absolute atomic E-state index is 0.0976. The fourth-order valence-corrected chi connectivity index (χ4v) is 2.73. The minimum atomic E-state index is -0.380. The molecule has 7 nitrogen and oxygen atoms in total. The van der Waals surface area contributed by atoms with Crippen molar-refractivity contribution < 1.29 is 4.92 Å². The van der Waals surface area contributed by atoms with Gasteiger partial charge in [0.2, 0.25) is 0 Å². The molecule has 1 aromatic rings. The highest BCUT2D eigenvalue weighted by molar-refractivity contribution is 5.80. The average molecular weight is 364 g/mol. The van der Waals surface area contributed by atoms with Crippen LogP contribution in [0.15, 0.2) is 29.3 Å². The number of aliphatic imine (C=N–C) groups is 1. The highest BCUT2D eigenvalue weighted by Crippen LogP contribution is 2.13. The Morgan fingerprint density at radius 1 is 1.31 bits per heavy atom. The van der Waals surface area contributed by atoms with E-state index in [0.717, 1.165) is 50.5 Å². The van der Waals surface area contributed by atoms with Crippen LogP contribution in [0.25, 0.3) is 0 Å². The lowest BCUT2D eigenvalue weighted by molar-refractivity contribution is -0.384. The number of nitrogens with one attached hydrogen (secondary N) is 2. The van der Waals surface area contributed by atoms with E-state index in [9.17, 15) is 10.1 Å². The molecule has 0 aliphatic rings. The Bertz CT molecular complexity index is 573. The van der Waals surface area contributed by atoms with Crippen LogP contribution in [0.5, 0.6) is 0 Å². The average Bonchev–Trinajstić information content (AvgIpc) is 2.63. The second-order valence-corrected chi connectivity index (χ2v) is 6.34. The molecule has 1 atom stereocenters. The van der Waals surface area contributed by atoms with Gasteiger partial charge in [0.15, 0.2) is 5.96 Å². The lowest BCUT2D eigenvalue weighted by Gasteiger charge is -2.21. The monoisotopic (exact) mass is 363 g/mol. The van der Waals surface area contributed by atoms with Crippen molar-refractivity contribution in [1.82, 2.24) is 15.5 Å². The summed E-state index contributed by atoms with van der Waals surface area (Å²) in [5.74, 6) is 0.745. The van der Waals surface area contributed by atoms with Crippen LogP contribution in [0.2, 0.25) is 0 Å². The highest BCUT2D eigenvalue weighted by Gasteiger charge is 2.08. The van der Waals surface area contributed by atoms with Crippen LogP contribution in [0.4, 0.5) is 5.69 Å². The molecule has 0 heterocycles. The van der Waals surface area contributed by atoms with Gasteiger partial charge < -0.3 is 15.5 Å². The molecule has 0 amide bonds. The fourth-order valence-electron chi connectivity index (χ4n) is 2.73. The molecule has 146 valence electrons. The second kappa shape index (κ2) is 12.2. The normalized spacial score (nSPS) is 12.9. The second-order valence-electron chi connectivity index (χ2n) is 6.34. The first-order chi connectivity index (χ1) is 12.5. The van der Waals surface area contributed by atoms with Crippen LogP contribution >= 0.6 is 0 Å². The molecule has 0 spiro atoms. The van der Waals surface area contributed by atoms with Gasteiger partial charge in [-0.05, 0) is 51.9 Å². The number of nitro groups is 1. The molecular weight excluding hydrogens is 330 g/mol. The molecule has 0 aliphatic heterocycles. The Labute approximate surface area is 157 Å². The van der Waals surface area contributed by atoms with E-state index in [-0.39, 0.29) is 10.6 Å². The summed E-state index contributed by atoms with van der Waals surface area (Å²) in [7, 11) is 0. The van der Waals surface area contributed by atoms with Crippen LogP contribution < -0.4 is 10.6 Å². The van der Waals surface area contributed by atoms with Crippen molar-refractivity contribution in [2.45, 2.75) is 53.1 Å². The zero-order chi connectivity index (χ0) is 19.4. The number of non-ortho nitro benzene ring substituents is 1. The van der Waals surface area contributed by atoms with Crippen molar-refractivity contribution in [3.8, 4) is 0 Å². The maximum Gasteiger partial charge on any atom is 0.269 e. The first-order valence-corrected chi connectivity index (χ1v) is 9.50. The predicted molar refractivity (Wildman–Crippen MR) is 108 cm³/mol. The molecule has 1 aromatic carbocycles. The maximum atomic E-state index is 10.9. The molecule has 26 heavy (non-hydrogen) atoms. The molecule has 0 saturated heterocycles. The standard InChI is InChI=1S/C19H33N5O2/c1-5-20-19(22-16(4)10-9-13-23(6-2)7-3)21-15-17-11-8-12-18(14-17)24(25)26/h8,11-12,14,16H,5-7,9-10,13,15H2,1-4H3,(H2,20,21,22). The van der Waals surface area contributed by atoms with E-state index in [1.807, 2.05) is 13.0 Å². The van der Waals surface area contributed by atoms with Gasteiger partial charge in [0.1, 0.15) is 0 Å². The van der Waals surface area contributed by atoms with Gasteiger partial charge >= 0.3 is 0 Å². The summed E-state index contributed by atoms with van der Waals surface area (Å²) in [4.78, 5) is 17.5. The van der Waals surface area contributed by atoms with E-state index in [1.165, 1.54) is 6.07 Å². The van der Waals surface area contributed by atoms with Crippen molar-refractivity contribution in [3.05, 3.63) is 39.9 Å². The zero-order valence-corrected chi connectivity index (χ0v) is 16.5. The number of hydrogen-bond donors (Lipinski definition) is 2. The molecule has 0 radical (unpaired) electrons. The van der Waals surface area contributed by atoms with Crippen LogP contribution in [-0.4, -0.2) is 48.0 Å². The molecule has 0 fully saturated rings. The SMILES string of the molecule is CCNC(=NCc1cccc([N+](=O)[O-])c1)NC(C)CCCN(CC)CC. The van der Waals surface area contributed by atoms with Gasteiger partial charge in [0, 0.05) is 24.7 Å². The van der Waals surface area contributed by atoms with E-state index in [1.54, 1.807) is 12.1 Å². The van der Waals surface area contributed by atoms with E-state index in [2.05, 4.69) is 41.3 Å². The molecule has 1 rings (SSSR count). The topological polar surface area (TPSA) is 82.8 Å². The van der Waals surface area contributed by atoms with Gasteiger partial charge in [-0.15, -0.1) is 0 Å². The largest absolute Gasteiger partial charge is 0.357 e. The van der Waals surface area contributed by atoms with Crippen molar-refractivity contribution in [2.24, 2.45) is 4.99 Å². The summed E-state index contributed by atoms with van der Waals surface area (Å²) in [5, 5.41) is 17.5. The first-order valence-electron chi connectivity index (χ1n) is 9.50. The summed E-state index contributed by atoms with van der Waals surface area (Å²) in [6.07, 6.45) is 2.21. The summed E-state index contributed by atoms with van der Waals surface area (Å²) < 4.78 is 0. The minimum Gasteiger partial charge on any atom is -0.357 e. The van der Waals surface area contributed by atoms with Gasteiger partial charge in [0.25, 0.3) is 5.69 Å². The summed E-state index contributed by atoms with van der Waals surface area (Å²) in [6, 6.07) is 6.93. The predicted octanol–water partition coefficient (Wildman–Crippen LogP) is 3.16. The Kier molecular flexibility index (Phi) is 10.3. The van der Waals surface area contributed by atoms with Crippen molar-refractivity contribution in [2.75, 3.05) is 26.2 Å². The van der Waals surface area contributed by atoms with E-state index in [0.29, 0.717) is 12.6 Å². The lowest BCUT2D eigenvalue weighted by Crippen LogP contribution is -2.42. The quantitative estimate of drug-likeness (QED) is 0.273. The third-order valence-corrected chi connectivity index (χ3v) is 4.27. The summed E-state index contributed by atoms with van der Waals surface area (Å²) in [5.41, 5.74) is 0.922.